The van der Waals surface area contributed by atoms with E-state index in [1.54, 1.807) is 12.1 Å². The fourth-order valence-corrected chi connectivity index (χ4v) is 3.90. The van der Waals surface area contributed by atoms with Crippen molar-refractivity contribution in [3.8, 4) is 0 Å². The minimum absolute atomic E-state index is 0.0162. The summed E-state index contributed by atoms with van der Waals surface area (Å²) >= 11 is 0. The Labute approximate surface area is 135 Å². The molecule has 1 saturated carbocycles. The zero-order chi connectivity index (χ0) is 16.4. The van der Waals surface area contributed by atoms with Gasteiger partial charge >= 0.3 is 6.09 Å². The van der Waals surface area contributed by atoms with Crippen LogP contribution < -0.4 is 10.1 Å². The number of amides is 1. The monoisotopic (exact) mass is 337 g/mol. The Balaban J connectivity index is 1.67. The smallest absolute Gasteiger partial charge is 0.393 e. The maximum Gasteiger partial charge on any atom is 0.427 e. The van der Waals surface area contributed by atoms with Crippen molar-refractivity contribution in [2.24, 2.45) is 16.9 Å². The number of nitrogens with zero attached hydrogens (tertiary/aromatic N) is 1. The highest BCUT2D eigenvalue weighted by atomic mass is 32.2. The minimum atomic E-state index is -3.95. The number of benzene rings is 1. The third-order valence-electron chi connectivity index (χ3n) is 4.27. The molecule has 0 aromatic heterocycles. The van der Waals surface area contributed by atoms with Gasteiger partial charge in [0, 0.05) is 12.5 Å². The Morgan fingerprint density at radius 3 is 2.78 bits per heavy atom. The maximum atomic E-state index is 12.2. The zero-order valence-corrected chi connectivity index (χ0v) is 13.6. The molecule has 1 amide bonds. The van der Waals surface area contributed by atoms with Crippen molar-refractivity contribution in [3.05, 3.63) is 29.8 Å². The average molecular weight is 337 g/mol. The first kappa shape index (κ1) is 15.8. The summed E-state index contributed by atoms with van der Waals surface area (Å²) in [6.45, 7) is 2.62. The number of hydrazone groups is 1. The van der Waals surface area contributed by atoms with Crippen LogP contribution in [0, 0.1) is 18.8 Å². The maximum absolute atomic E-state index is 12.2. The second kappa shape index (κ2) is 6.19. The number of aryl methyl sites for hydroxylation is 1. The standard InChI is InChI=1S/C15H19N3O4S/c1-10-5-7-12(8-6-10)23(20,21)18-15(19)22-14-13-4-2-3-11(13)9-16-17-14/h5-8,11,13,16H,2-4,9H2,1H3,(H,18,19). The molecule has 1 heterocycles. The van der Waals surface area contributed by atoms with E-state index in [2.05, 4.69) is 10.5 Å². The number of hydrogen-bond acceptors (Lipinski definition) is 6. The number of nitrogens with one attached hydrogen (secondary N) is 2. The molecule has 23 heavy (non-hydrogen) atoms. The summed E-state index contributed by atoms with van der Waals surface area (Å²) in [5.74, 6) is 0.753. The molecule has 7 nitrogen and oxygen atoms in total. The van der Waals surface area contributed by atoms with E-state index in [9.17, 15) is 13.2 Å². The van der Waals surface area contributed by atoms with E-state index in [1.165, 1.54) is 12.1 Å². The molecule has 1 aliphatic carbocycles. The highest BCUT2D eigenvalue weighted by Crippen LogP contribution is 2.34. The van der Waals surface area contributed by atoms with Gasteiger partial charge in [0.2, 0.25) is 5.90 Å². The van der Waals surface area contributed by atoms with Crippen LogP contribution in [0.25, 0.3) is 0 Å². The topological polar surface area (TPSA) is 96.9 Å². The van der Waals surface area contributed by atoms with E-state index in [1.807, 2.05) is 11.6 Å². The molecule has 0 bridgehead atoms. The van der Waals surface area contributed by atoms with Crippen LogP contribution in [0.3, 0.4) is 0 Å². The van der Waals surface area contributed by atoms with Crippen LogP contribution in [-0.4, -0.2) is 27.0 Å². The fraction of sp³-hybridized carbons (Fsp3) is 0.467. The normalized spacial score (nSPS) is 23.4. The van der Waals surface area contributed by atoms with Gasteiger partial charge < -0.3 is 10.2 Å². The highest BCUT2D eigenvalue weighted by molar-refractivity contribution is 7.90. The third-order valence-corrected chi connectivity index (χ3v) is 5.59. The lowest BCUT2D eigenvalue weighted by molar-refractivity contribution is 0.195. The van der Waals surface area contributed by atoms with E-state index in [0.29, 0.717) is 5.92 Å². The van der Waals surface area contributed by atoms with Crippen LogP contribution in [0.2, 0.25) is 0 Å². The van der Waals surface area contributed by atoms with Crippen LogP contribution in [0.5, 0.6) is 0 Å². The van der Waals surface area contributed by atoms with Crippen LogP contribution in [0.1, 0.15) is 24.8 Å². The first-order chi connectivity index (χ1) is 11.0. The van der Waals surface area contributed by atoms with Gasteiger partial charge in [0.05, 0.1) is 4.90 Å². The summed E-state index contributed by atoms with van der Waals surface area (Å²) in [4.78, 5) is 12.0. The molecule has 2 N–H and O–H groups in total. The Morgan fingerprint density at radius 1 is 1.30 bits per heavy atom. The summed E-state index contributed by atoms with van der Waals surface area (Å²) in [5.41, 5.74) is 3.78. The van der Waals surface area contributed by atoms with Crippen molar-refractivity contribution in [1.82, 2.24) is 10.1 Å². The number of sulfonamides is 1. The largest absolute Gasteiger partial charge is 0.427 e. The molecule has 0 saturated heterocycles. The summed E-state index contributed by atoms with van der Waals surface area (Å²) in [5, 5.41) is 4.02. The first-order valence-electron chi connectivity index (χ1n) is 7.57. The van der Waals surface area contributed by atoms with Gasteiger partial charge in [-0.25, -0.2) is 17.9 Å². The van der Waals surface area contributed by atoms with Crippen molar-refractivity contribution in [3.63, 3.8) is 0 Å². The van der Waals surface area contributed by atoms with Gasteiger partial charge in [0.25, 0.3) is 10.0 Å². The number of carbonyl (C=O) groups excluding carboxylic acids is 1. The van der Waals surface area contributed by atoms with Gasteiger partial charge in [-0.2, -0.15) is 0 Å². The van der Waals surface area contributed by atoms with Crippen LogP contribution in [-0.2, 0) is 14.8 Å². The Bertz CT molecular complexity index is 728. The molecule has 2 atom stereocenters. The molecule has 2 aliphatic rings. The second-order valence-electron chi connectivity index (χ2n) is 5.92. The summed E-state index contributed by atoms with van der Waals surface area (Å²) in [7, 11) is -3.95. The molecular formula is C15H19N3O4S. The molecule has 1 aromatic carbocycles. The first-order valence-corrected chi connectivity index (χ1v) is 9.06. The van der Waals surface area contributed by atoms with Crippen molar-refractivity contribution in [1.29, 1.82) is 0 Å². The number of rotatable bonds is 2. The van der Waals surface area contributed by atoms with E-state index in [4.69, 9.17) is 4.74 Å². The summed E-state index contributed by atoms with van der Waals surface area (Å²) in [6, 6.07) is 6.21. The lowest BCUT2D eigenvalue weighted by Crippen LogP contribution is -2.39. The highest BCUT2D eigenvalue weighted by Gasteiger charge is 2.36. The number of fused-ring (bicyclic) bond motifs is 1. The van der Waals surface area contributed by atoms with Gasteiger partial charge in [0.1, 0.15) is 0 Å². The van der Waals surface area contributed by atoms with Gasteiger partial charge in [-0.1, -0.05) is 24.1 Å². The molecule has 3 rings (SSSR count). The van der Waals surface area contributed by atoms with Crippen LogP contribution >= 0.6 is 0 Å². The SMILES string of the molecule is Cc1ccc(S(=O)(=O)NC(=O)OC2=NNCC3CCCC23)cc1. The van der Waals surface area contributed by atoms with Crippen LogP contribution in [0.15, 0.2) is 34.3 Å². The van der Waals surface area contributed by atoms with Crippen molar-refractivity contribution >= 4 is 22.0 Å². The number of carbonyl (C=O) groups is 1. The molecule has 1 aliphatic heterocycles. The molecule has 2 unspecified atom stereocenters. The zero-order valence-electron chi connectivity index (χ0n) is 12.8. The molecular weight excluding hydrogens is 318 g/mol. The lowest BCUT2D eigenvalue weighted by Gasteiger charge is -2.25. The van der Waals surface area contributed by atoms with E-state index in [-0.39, 0.29) is 16.7 Å². The van der Waals surface area contributed by atoms with Crippen molar-refractivity contribution in [2.45, 2.75) is 31.1 Å². The molecule has 0 spiro atoms. The van der Waals surface area contributed by atoms with Crippen molar-refractivity contribution in [2.75, 3.05) is 6.54 Å². The molecule has 1 aromatic rings. The summed E-state index contributed by atoms with van der Waals surface area (Å²) < 4.78 is 31.4. The third kappa shape index (κ3) is 3.47. The van der Waals surface area contributed by atoms with Gasteiger partial charge in [-0.15, -0.1) is 5.10 Å². The molecule has 0 radical (unpaired) electrons. The van der Waals surface area contributed by atoms with Gasteiger partial charge in [0.15, 0.2) is 0 Å². The van der Waals surface area contributed by atoms with E-state index >= 15 is 0 Å². The lowest BCUT2D eigenvalue weighted by atomic mass is 9.95. The summed E-state index contributed by atoms with van der Waals surface area (Å²) in [6.07, 6.45) is 1.99. The average Bonchev–Trinajstić information content (AvgIpc) is 2.96. The molecule has 124 valence electrons. The van der Waals surface area contributed by atoms with Crippen LogP contribution in [0.4, 0.5) is 4.79 Å². The molecule has 8 heteroatoms. The quantitative estimate of drug-likeness (QED) is 0.857. The van der Waals surface area contributed by atoms with Gasteiger partial charge in [-0.05, 0) is 37.8 Å². The number of ether oxygens (including phenoxy) is 1. The predicted octanol–water partition coefficient (Wildman–Crippen LogP) is 1.74. The van der Waals surface area contributed by atoms with E-state index in [0.717, 1.165) is 31.4 Å². The minimum Gasteiger partial charge on any atom is -0.393 e. The molecule has 1 fully saturated rings. The van der Waals surface area contributed by atoms with Crippen molar-refractivity contribution < 1.29 is 17.9 Å². The Kier molecular flexibility index (Phi) is 4.25. The Hall–Kier alpha value is -2.09. The van der Waals surface area contributed by atoms with E-state index < -0.39 is 16.1 Å². The fourth-order valence-electron chi connectivity index (χ4n) is 3.03. The Morgan fingerprint density at radius 2 is 2.04 bits per heavy atom. The number of hydrogen-bond donors (Lipinski definition) is 2. The second-order valence-corrected chi connectivity index (χ2v) is 7.60. The predicted molar refractivity (Wildman–Crippen MR) is 84.3 cm³/mol. The van der Waals surface area contributed by atoms with Gasteiger partial charge in [-0.3, -0.25) is 0 Å².